The Hall–Kier alpha value is -3.42. The van der Waals surface area contributed by atoms with Crippen molar-refractivity contribution in [2.45, 2.75) is 39.2 Å². The van der Waals surface area contributed by atoms with Crippen LogP contribution >= 0.6 is 0 Å². The van der Waals surface area contributed by atoms with Gasteiger partial charge in [0.05, 0.1) is 0 Å². The van der Waals surface area contributed by atoms with E-state index in [0.29, 0.717) is 31.7 Å². The van der Waals surface area contributed by atoms with Gasteiger partial charge in [0.25, 0.3) is 0 Å². The number of halogens is 1. The van der Waals surface area contributed by atoms with Crippen molar-refractivity contribution in [2.24, 2.45) is 5.92 Å². The molecule has 168 valence electrons. The van der Waals surface area contributed by atoms with Gasteiger partial charge in [0.2, 0.25) is 5.91 Å². The molecule has 1 fully saturated rings. The number of fused-ring (bicyclic) bond motifs is 1. The highest BCUT2D eigenvalue weighted by atomic mass is 19.1. The SMILES string of the molecule is CC(C)(C)OC(=O)N1CCC(C(=O)Nc2ccc(-c3c[nH]c4cc(F)ccc34)cn2)CC1. The summed E-state index contributed by atoms with van der Waals surface area (Å²) in [5.74, 6) is -0.103. The molecule has 0 radical (unpaired) electrons. The molecule has 0 bridgehead atoms. The van der Waals surface area contributed by atoms with Gasteiger partial charge in [0, 0.05) is 53.4 Å². The third-order valence-corrected chi connectivity index (χ3v) is 5.49. The van der Waals surface area contributed by atoms with Gasteiger partial charge in [0.15, 0.2) is 0 Å². The minimum Gasteiger partial charge on any atom is -0.444 e. The fourth-order valence-corrected chi connectivity index (χ4v) is 3.84. The van der Waals surface area contributed by atoms with Gasteiger partial charge in [-0.1, -0.05) is 0 Å². The highest BCUT2D eigenvalue weighted by Gasteiger charge is 2.30. The van der Waals surface area contributed by atoms with E-state index in [4.69, 9.17) is 4.74 Å². The summed E-state index contributed by atoms with van der Waals surface area (Å²) in [5.41, 5.74) is 1.97. The summed E-state index contributed by atoms with van der Waals surface area (Å²) in [6.45, 7) is 6.48. The third-order valence-electron chi connectivity index (χ3n) is 5.49. The zero-order valence-electron chi connectivity index (χ0n) is 18.4. The van der Waals surface area contributed by atoms with E-state index in [0.717, 1.165) is 22.0 Å². The van der Waals surface area contributed by atoms with Gasteiger partial charge in [-0.2, -0.15) is 0 Å². The quantitative estimate of drug-likeness (QED) is 0.605. The lowest BCUT2D eigenvalue weighted by Crippen LogP contribution is -2.43. The van der Waals surface area contributed by atoms with E-state index in [1.807, 2.05) is 33.0 Å². The second-order valence-electron chi connectivity index (χ2n) is 9.06. The summed E-state index contributed by atoms with van der Waals surface area (Å²) in [5, 5.41) is 3.77. The lowest BCUT2D eigenvalue weighted by molar-refractivity contribution is -0.121. The number of anilines is 1. The highest BCUT2D eigenvalue weighted by Crippen LogP contribution is 2.29. The minimum atomic E-state index is -0.536. The van der Waals surface area contributed by atoms with Crippen molar-refractivity contribution in [3.05, 3.63) is 48.5 Å². The lowest BCUT2D eigenvalue weighted by Gasteiger charge is -2.32. The van der Waals surface area contributed by atoms with Crippen LogP contribution in [0.2, 0.25) is 0 Å². The molecule has 2 N–H and O–H groups in total. The molecule has 3 heterocycles. The Morgan fingerprint density at radius 2 is 1.94 bits per heavy atom. The van der Waals surface area contributed by atoms with E-state index in [1.165, 1.54) is 12.1 Å². The number of hydrogen-bond donors (Lipinski definition) is 2. The van der Waals surface area contributed by atoms with E-state index in [-0.39, 0.29) is 23.7 Å². The zero-order valence-corrected chi connectivity index (χ0v) is 18.4. The fraction of sp³-hybridized carbons (Fsp3) is 0.375. The van der Waals surface area contributed by atoms with Crippen LogP contribution in [0.5, 0.6) is 0 Å². The van der Waals surface area contributed by atoms with E-state index in [9.17, 15) is 14.0 Å². The summed E-state index contributed by atoms with van der Waals surface area (Å²) in [4.78, 5) is 33.9. The minimum absolute atomic E-state index is 0.100. The Labute approximate surface area is 186 Å². The van der Waals surface area contributed by atoms with Crippen molar-refractivity contribution in [3.8, 4) is 11.1 Å². The number of nitrogens with zero attached hydrogens (tertiary/aromatic N) is 2. The number of likely N-dealkylation sites (tertiary alicyclic amines) is 1. The summed E-state index contributed by atoms with van der Waals surface area (Å²) in [7, 11) is 0. The van der Waals surface area contributed by atoms with Crippen LogP contribution in [0.25, 0.3) is 22.0 Å². The van der Waals surface area contributed by atoms with Crippen LogP contribution < -0.4 is 5.32 Å². The molecule has 1 aliphatic heterocycles. The van der Waals surface area contributed by atoms with Crippen LogP contribution in [0.15, 0.2) is 42.7 Å². The number of amides is 2. The lowest BCUT2D eigenvalue weighted by atomic mass is 9.96. The molecule has 1 aromatic carbocycles. The number of carbonyl (C=O) groups is 2. The molecular weight excluding hydrogens is 411 g/mol. The predicted octanol–water partition coefficient (Wildman–Crippen LogP) is 4.95. The average molecular weight is 439 g/mol. The van der Waals surface area contributed by atoms with Crippen LogP contribution in [0.3, 0.4) is 0 Å². The van der Waals surface area contributed by atoms with Gasteiger partial charge in [0.1, 0.15) is 17.2 Å². The molecule has 1 saturated heterocycles. The molecule has 7 nitrogen and oxygen atoms in total. The Morgan fingerprint density at radius 1 is 1.19 bits per heavy atom. The molecule has 2 aromatic heterocycles. The largest absolute Gasteiger partial charge is 0.444 e. The number of rotatable bonds is 3. The molecular formula is C24H27FN4O3. The van der Waals surface area contributed by atoms with Gasteiger partial charge in [-0.15, -0.1) is 0 Å². The maximum Gasteiger partial charge on any atom is 0.410 e. The van der Waals surface area contributed by atoms with Gasteiger partial charge < -0.3 is 19.9 Å². The van der Waals surface area contributed by atoms with Crippen LogP contribution in [0.4, 0.5) is 15.0 Å². The Balaban J connectivity index is 1.35. The summed E-state index contributed by atoms with van der Waals surface area (Å²) >= 11 is 0. The number of aromatic amines is 1. The number of ether oxygens (including phenoxy) is 1. The number of pyridine rings is 1. The number of carbonyl (C=O) groups excluding carboxylic acids is 2. The maximum atomic E-state index is 13.4. The molecule has 0 spiro atoms. The summed E-state index contributed by atoms with van der Waals surface area (Å²) < 4.78 is 18.8. The first-order valence-corrected chi connectivity index (χ1v) is 10.7. The average Bonchev–Trinajstić information content (AvgIpc) is 3.16. The monoisotopic (exact) mass is 438 g/mol. The predicted molar refractivity (Wildman–Crippen MR) is 121 cm³/mol. The second-order valence-corrected chi connectivity index (χ2v) is 9.06. The highest BCUT2D eigenvalue weighted by molar-refractivity contribution is 5.96. The van der Waals surface area contributed by atoms with Crippen LogP contribution in [-0.4, -0.2) is 45.6 Å². The number of benzene rings is 1. The number of nitrogens with one attached hydrogen (secondary N) is 2. The molecule has 2 amide bonds. The number of H-pyrrole nitrogens is 1. The van der Waals surface area contributed by atoms with Crippen molar-refractivity contribution >= 4 is 28.7 Å². The van der Waals surface area contributed by atoms with E-state index in [1.54, 1.807) is 23.2 Å². The summed E-state index contributed by atoms with van der Waals surface area (Å²) in [6, 6.07) is 8.24. The van der Waals surface area contributed by atoms with Crippen molar-refractivity contribution in [3.63, 3.8) is 0 Å². The molecule has 1 aliphatic rings. The topological polar surface area (TPSA) is 87.3 Å². The molecule has 4 rings (SSSR count). The molecule has 0 unspecified atom stereocenters. The first-order valence-electron chi connectivity index (χ1n) is 10.7. The van der Waals surface area contributed by atoms with E-state index < -0.39 is 5.60 Å². The molecule has 0 saturated carbocycles. The Morgan fingerprint density at radius 3 is 2.59 bits per heavy atom. The number of hydrogen-bond acceptors (Lipinski definition) is 4. The van der Waals surface area contributed by atoms with E-state index >= 15 is 0 Å². The normalized spacial score (nSPS) is 15.1. The Kier molecular flexibility index (Phi) is 5.86. The molecule has 0 atom stereocenters. The van der Waals surface area contributed by atoms with Gasteiger partial charge in [-0.3, -0.25) is 4.79 Å². The van der Waals surface area contributed by atoms with Gasteiger partial charge >= 0.3 is 6.09 Å². The molecule has 32 heavy (non-hydrogen) atoms. The Bertz CT molecular complexity index is 1130. The van der Waals surface area contributed by atoms with Crippen LogP contribution in [0, 0.1) is 11.7 Å². The van der Waals surface area contributed by atoms with Crippen molar-refractivity contribution < 1.29 is 18.7 Å². The van der Waals surface area contributed by atoms with Gasteiger partial charge in [-0.25, -0.2) is 14.2 Å². The third kappa shape index (κ3) is 4.90. The first-order chi connectivity index (χ1) is 15.2. The first kappa shape index (κ1) is 21.8. The van der Waals surface area contributed by atoms with Crippen molar-refractivity contribution in [1.82, 2.24) is 14.9 Å². The smallest absolute Gasteiger partial charge is 0.410 e. The fourth-order valence-electron chi connectivity index (χ4n) is 3.84. The standard InChI is InChI=1S/C24H27FN4O3/c1-24(2,3)32-23(31)29-10-8-15(9-11-29)22(30)28-21-7-4-16(13-27-21)19-14-26-20-12-17(25)5-6-18(19)20/h4-7,12-15,26H,8-11H2,1-3H3,(H,27,28,30). The number of piperidine rings is 1. The maximum absolute atomic E-state index is 13.4. The van der Waals surface area contributed by atoms with E-state index in [2.05, 4.69) is 15.3 Å². The zero-order chi connectivity index (χ0) is 22.9. The van der Waals surface area contributed by atoms with Crippen molar-refractivity contribution in [1.29, 1.82) is 0 Å². The summed E-state index contributed by atoms with van der Waals surface area (Å²) in [6.07, 6.45) is 4.32. The number of aromatic nitrogens is 2. The van der Waals surface area contributed by atoms with Crippen LogP contribution in [-0.2, 0) is 9.53 Å². The molecule has 8 heteroatoms. The second kappa shape index (κ2) is 8.61. The molecule has 3 aromatic rings. The molecule has 0 aliphatic carbocycles. The van der Waals surface area contributed by atoms with Crippen LogP contribution in [0.1, 0.15) is 33.6 Å². The van der Waals surface area contributed by atoms with Crippen molar-refractivity contribution in [2.75, 3.05) is 18.4 Å². The van der Waals surface area contributed by atoms with Gasteiger partial charge in [-0.05, 0) is 63.9 Å².